The first kappa shape index (κ1) is 53.5. The van der Waals surface area contributed by atoms with Gasteiger partial charge in [0, 0.05) is 19.3 Å². The zero-order chi connectivity index (χ0) is 42.1. The highest BCUT2D eigenvalue weighted by molar-refractivity contribution is 5.72. The van der Waals surface area contributed by atoms with Gasteiger partial charge in [0.15, 0.2) is 12.1 Å². The van der Waals surface area contributed by atoms with E-state index >= 15 is 0 Å². The minimum Gasteiger partial charge on any atom is -0.477 e. The molecule has 0 aromatic heterocycles. The van der Waals surface area contributed by atoms with Crippen LogP contribution in [0.25, 0.3) is 0 Å². The van der Waals surface area contributed by atoms with Crippen LogP contribution in [0.3, 0.4) is 0 Å². The maximum atomic E-state index is 12.7. The predicted molar refractivity (Wildman–Crippen MR) is 238 cm³/mol. The summed E-state index contributed by atoms with van der Waals surface area (Å²) in [6, 6.07) is -0.626. The Hall–Kier alpha value is -3.49. The minimum absolute atomic E-state index is 0.0414. The molecule has 0 aliphatic carbocycles. The number of rotatable bonds is 38. The van der Waals surface area contributed by atoms with Gasteiger partial charge >= 0.3 is 17.9 Å². The summed E-state index contributed by atoms with van der Waals surface area (Å²) < 4.78 is 17.2. The lowest BCUT2D eigenvalue weighted by atomic mass is 10.1. The second-order valence-corrected chi connectivity index (χ2v) is 15.7. The Morgan fingerprint density at radius 3 is 1.46 bits per heavy atom. The average molecular weight is 797 g/mol. The van der Waals surface area contributed by atoms with E-state index in [2.05, 4.69) is 62.5 Å². The number of carboxylic acid groups (broad SMARTS) is 1. The lowest BCUT2D eigenvalue weighted by Crippen LogP contribution is -2.50. The molecule has 0 aliphatic heterocycles. The smallest absolute Gasteiger partial charge is 0.362 e. The number of carbonyl (C=O) groups excluding carboxylic acids is 2. The van der Waals surface area contributed by atoms with Crippen LogP contribution in [0.2, 0.25) is 0 Å². The number of carboxylic acids is 1. The molecule has 0 heterocycles. The first-order valence-corrected chi connectivity index (χ1v) is 22.2. The van der Waals surface area contributed by atoms with Crippen molar-refractivity contribution in [1.29, 1.82) is 0 Å². The molecule has 0 radical (unpaired) electrons. The molecule has 8 heteroatoms. The molecule has 0 aromatic carbocycles. The Bertz CT molecular complexity index is 1200. The number of ether oxygens (including phenoxy) is 3. The molecule has 0 aromatic rings. The molecule has 2 unspecified atom stereocenters. The van der Waals surface area contributed by atoms with Crippen LogP contribution >= 0.6 is 0 Å². The van der Waals surface area contributed by atoms with Crippen molar-refractivity contribution >= 4 is 17.9 Å². The van der Waals surface area contributed by atoms with E-state index in [0.29, 0.717) is 19.3 Å². The van der Waals surface area contributed by atoms with Crippen LogP contribution in [0, 0.1) is 0 Å². The summed E-state index contributed by atoms with van der Waals surface area (Å²) in [4.78, 5) is 37.0. The zero-order valence-electron chi connectivity index (χ0n) is 36.8. The fraction of sp³-hybridized carbons (Fsp3) is 0.653. The van der Waals surface area contributed by atoms with E-state index in [0.717, 1.165) is 83.5 Å². The van der Waals surface area contributed by atoms with E-state index < -0.39 is 18.1 Å². The molecule has 57 heavy (non-hydrogen) atoms. The Balaban J connectivity index is 4.45. The van der Waals surface area contributed by atoms with Crippen molar-refractivity contribution in [2.75, 3.05) is 41.0 Å². The zero-order valence-corrected chi connectivity index (χ0v) is 36.8. The molecule has 0 aliphatic rings. The quantitative estimate of drug-likeness (QED) is 0.0287. The number of quaternary nitrogens is 1. The van der Waals surface area contributed by atoms with Gasteiger partial charge in [-0.2, -0.15) is 0 Å². The van der Waals surface area contributed by atoms with E-state index in [1.807, 2.05) is 57.6 Å². The third-order valence-corrected chi connectivity index (χ3v) is 9.40. The summed E-state index contributed by atoms with van der Waals surface area (Å²) in [7, 11) is 5.50. The van der Waals surface area contributed by atoms with Gasteiger partial charge in [-0.1, -0.05) is 163 Å². The summed E-state index contributed by atoms with van der Waals surface area (Å²) in [5.74, 6) is -1.53. The highest BCUT2D eigenvalue weighted by atomic mass is 16.6. The van der Waals surface area contributed by atoms with Crippen molar-refractivity contribution in [1.82, 2.24) is 0 Å². The maximum Gasteiger partial charge on any atom is 0.362 e. The summed E-state index contributed by atoms with van der Waals surface area (Å²) in [6.07, 6.45) is 50.4. The number of esters is 2. The molecular weight excluding hydrogens is 715 g/mol. The Kier molecular flexibility index (Phi) is 36.9. The van der Waals surface area contributed by atoms with Crippen LogP contribution in [0.4, 0.5) is 0 Å². The van der Waals surface area contributed by atoms with Crippen molar-refractivity contribution in [2.45, 2.75) is 167 Å². The fourth-order valence-corrected chi connectivity index (χ4v) is 5.93. The molecule has 0 saturated carbocycles. The Labute approximate surface area is 348 Å². The molecule has 0 rings (SSSR count). The number of likely N-dealkylation sites (N-methyl/N-ethyl adjacent to an activating group) is 1. The van der Waals surface area contributed by atoms with Gasteiger partial charge in [0.2, 0.25) is 0 Å². The summed E-state index contributed by atoms with van der Waals surface area (Å²) in [6.45, 7) is 4.56. The summed E-state index contributed by atoms with van der Waals surface area (Å²) >= 11 is 0. The fourth-order valence-electron chi connectivity index (χ4n) is 5.93. The number of allylic oxidation sites excluding steroid dienone is 14. The monoisotopic (exact) mass is 797 g/mol. The van der Waals surface area contributed by atoms with Gasteiger partial charge in [-0.25, -0.2) is 4.79 Å². The second-order valence-electron chi connectivity index (χ2n) is 15.7. The first-order valence-electron chi connectivity index (χ1n) is 22.2. The molecule has 0 saturated heterocycles. The van der Waals surface area contributed by atoms with Gasteiger partial charge in [-0.3, -0.25) is 9.59 Å². The molecule has 8 nitrogen and oxygen atoms in total. The van der Waals surface area contributed by atoms with Crippen molar-refractivity contribution < 1.29 is 38.2 Å². The van der Waals surface area contributed by atoms with Crippen LogP contribution in [0.5, 0.6) is 0 Å². The first-order chi connectivity index (χ1) is 27.6. The van der Waals surface area contributed by atoms with Crippen molar-refractivity contribution in [3.63, 3.8) is 0 Å². The topological polar surface area (TPSA) is 99.1 Å². The van der Waals surface area contributed by atoms with Crippen LogP contribution in [-0.4, -0.2) is 80.6 Å². The average Bonchev–Trinajstić information content (AvgIpc) is 3.17. The molecule has 0 spiro atoms. The lowest BCUT2D eigenvalue weighted by Gasteiger charge is -2.31. The Morgan fingerprint density at radius 1 is 0.526 bits per heavy atom. The van der Waals surface area contributed by atoms with E-state index in [-0.39, 0.29) is 36.2 Å². The molecule has 324 valence electrons. The highest BCUT2D eigenvalue weighted by Crippen LogP contribution is 2.13. The van der Waals surface area contributed by atoms with Crippen molar-refractivity contribution in [2.24, 2.45) is 0 Å². The minimum atomic E-state index is -0.886. The number of carbonyl (C=O) groups is 3. The van der Waals surface area contributed by atoms with E-state index in [1.165, 1.54) is 38.5 Å². The standard InChI is InChI=1S/C49H81NO7/c1-6-8-10-12-14-16-18-20-22-23-24-26-28-30-32-34-36-38-40-48(52)57-45(43-55-42-41-46(49(53)54)50(3,4)5)44-56-47(51)39-37-35-33-31-29-27-25-21-19-17-15-13-11-9-7-2/h10,12,14-24,26,45-46H,6-9,11,13,25,27-44H2,1-5H3/p+1/b12-10+,16-14+,17-15+,20-18+,21-19+,23-22+,26-24+. The van der Waals surface area contributed by atoms with Crippen LogP contribution in [-0.2, 0) is 28.6 Å². The van der Waals surface area contributed by atoms with Crippen molar-refractivity contribution in [3.8, 4) is 0 Å². The number of hydrogen-bond donors (Lipinski definition) is 1. The Morgan fingerprint density at radius 2 is 0.965 bits per heavy atom. The normalized spacial score (nSPS) is 13.8. The number of aliphatic carboxylic acids is 1. The second kappa shape index (κ2) is 39.3. The van der Waals surface area contributed by atoms with E-state index in [1.54, 1.807) is 0 Å². The lowest BCUT2D eigenvalue weighted by molar-refractivity contribution is -0.887. The SMILES string of the molecule is CCC/C=C/C=C/C=C/C=C/C=C/CCCCCCCC(=O)OC(COCCC(C(=O)O)[N+](C)(C)C)COC(=O)CCCCCCCC/C=C/C=C/CCCCC. The molecule has 0 amide bonds. The summed E-state index contributed by atoms with van der Waals surface area (Å²) in [5, 5.41) is 9.62. The van der Waals surface area contributed by atoms with Gasteiger partial charge < -0.3 is 23.8 Å². The summed E-state index contributed by atoms with van der Waals surface area (Å²) in [5.41, 5.74) is 0. The predicted octanol–water partition coefficient (Wildman–Crippen LogP) is 12.1. The van der Waals surface area contributed by atoms with Gasteiger partial charge in [0.05, 0.1) is 34.4 Å². The molecule has 0 fully saturated rings. The third kappa shape index (κ3) is 37.8. The number of unbranched alkanes of at least 4 members (excludes halogenated alkanes) is 15. The maximum absolute atomic E-state index is 12.7. The van der Waals surface area contributed by atoms with E-state index in [9.17, 15) is 19.5 Å². The third-order valence-electron chi connectivity index (χ3n) is 9.40. The molecular formula is C49H82NO7+. The van der Waals surface area contributed by atoms with Crippen molar-refractivity contribution in [3.05, 3.63) is 85.1 Å². The van der Waals surface area contributed by atoms with Gasteiger partial charge in [0.1, 0.15) is 6.61 Å². The highest BCUT2D eigenvalue weighted by Gasteiger charge is 2.31. The number of hydrogen-bond acceptors (Lipinski definition) is 6. The van der Waals surface area contributed by atoms with Gasteiger partial charge in [-0.05, 0) is 57.8 Å². The van der Waals surface area contributed by atoms with Crippen LogP contribution in [0.1, 0.15) is 155 Å². The molecule has 1 N–H and O–H groups in total. The van der Waals surface area contributed by atoms with Gasteiger partial charge in [-0.15, -0.1) is 0 Å². The number of nitrogens with zero attached hydrogens (tertiary/aromatic N) is 1. The molecule has 2 atom stereocenters. The van der Waals surface area contributed by atoms with Crippen LogP contribution in [0.15, 0.2) is 85.1 Å². The van der Waals surface area contributed by atoms with Gasteiger partial charge in [0.25, 0.3) is 0 Å². The van der Waals surface area contributed by atoms with E-state index in [4.69, 9.17) is 14.2 Å². The largest absolute Gasteiger partial charge is 0.477 e. The molecule has 0 bridgehead atoms. The van der Waals surface area contributed by atoms with Crippen LogP contribution < -0.4 is 0 Å².